The van der Waals surface area contributed by atoms with Crippen molar-refractivity contribution in [2.75, 3.05) is 13.7 Å². The van der Waals surface area contributed by atoms with Gasteiger partial charge in [0, 0.05) is 17.8 Å². The number of carbonyl (C=O) groups excluding carboxylic acids is 1. The molecule has 0 saturated carbocycles. The third-order valence-electron chi connectivity index (χ3n) is 3.93. The first kappa shape index (κ1) is 16.1. The van der Waals surface area contributed by atoms with Gasteiger partial charge in [-0.1, -0.05) is 18.2 Å². The summed E-state index contributed by atoms with van der Waals surface area (Å²) in [5.74, 6) is 0.731. The minimum atomic E-state index is -0.0113. The molecule has 0 unspecified atom stereocenters. The lowest BCUT2D eigenvalue weighted by molar-refractivity contribution is -0.120. The summed E-state index contributed by atoms with van der Waals surface area (Å²) in [6.45, 7) is 7.35. The van der Waals surface area contributed by atoms with Crippen LogP contribution in [0.25, 0.3) is 0 Å². The largest absolute Gasteiger partial charge is 0.496 e. The molecule has 0 aliphatic heterocycles. The Morgan fingerprint density at radius 3 is 2.64 bits per heavy atom. The van der Waals surface area contributed by atoms with Gasteiger partial charge >= 0.3 is 0 Å². The zero-order valence-electron chi connectivity index (χ0n) is 13.6. The van der Waals surface area contributed by atoms with Crippen molar-refractivity contribution in [3.05, 3.63) is 46.8 Å². The molecule has 0 atom stereocenters. The Hall–Kier alpha value is -2.30. The van der Waals surface area contributed by atoms with Gasteiger partial charge in [0.05, 0.1) is 25.8 Å². The molecule has 5 nitrogen and oxygen atoms in total. The van der Waals surface area contributed by atoms with Crippen LogP contribution in [-0.4, -0.2) is 29.3 Å². The molecule has 1 amide bonds. The molecule has 118 valence electrons. The Kier molecular flexibility index (Phi) is 5.20. The third kappa shape index (κ3) is 3.67. The Bertz CT molecular complexity index is 662. The molecular weight excluding hydrogens is 278 g/mol. The summed E-state index contributed by atoms with van der Waals surface area (Å²) < 4.78 is 7.20. The molecule has 0 aliphatic rings. The highest BCUT2D eigenvalue weighted by Gasteiger charge is 2.09. The van der Waals surface area contributed by atoms with E-state index < -0.39 is 0 Å². The number of hydrogen-bond acceptors (Lipinski definition) is 3. The van der Waals surface area contributed by atoms with Gasteiger partial charge in [0.25, 0.3) is 0 Å². The van der Waals surface area contributed by atoms with Crippen LogP contribution < -0.4 is 10.1 Å². The number of nitrogens with one attached hydrogen (secondary N) is 1. The normalized spacial score (nSPS) is 10.5. The second kappa shape index (κ2) is 7.11. The maximum Gasteiger partial charge on any atom is 0.224 e. The summed E-state index contributed by atoms with van der Waals surface area (Å²) in [7, 11) is 1.61. The highest BCUT2D eigenvalue weighted by atomic mass is 16.5. The van der Waals surface area contributed by atoms with E-state index in [-0.39, 0.29) is 5.91 Å². The quantitative estimate of drug-likeness (QED) is 0.889. The summed E-state index contributed by atoms with van der Waals surface area (Å²) in [4.78, 5) is 12.0. The number of amides is 1. The average molecular weight is 301 g/mol. The Balaban J connectivity index is 1.87. The molecule has 2 rings (SSSR count). The van der Waals surface area contributed by atoms with Crippen LogP contribution in [0.4, 0.5) is 0 Å². The van der Waals surface area contributed by atoms with Gasteiger partial charge < -0.3 is 10.1 Å². The number of hydrogen-bond donors (Lipinski definition) is 1. The maximum atomic E-state index is 12.0. The Morgan fingerprint density at radius 1 is 1.27 bits per heavy atom. The molecule has 1 aromatic carbocycles. The van der Waals surface area contributed by atoms with Crippen LogP contribution in [-0.2, 0) is 17.8 Å². The third-order valence-corrected chi connectivity index (χ3v) is 3.93. The van der Waals surface area contributed by atoms with Crippen LogP contribution in [0.5, 0.6) is 5.75 Å². The van der Waals surface area contributed by atoms with Gasteiger partial charge in [0.15, 0.2) is 0 Å². The fourth-order valence-electron chi connectivity index (χ4n) is 2.39. The molecule has 0 saturated heterocycles. The van der Waals surface area contributed by atoms with E-state index >= 15 is 0 Å². The number of benzene rings is 1. The van der Waals surface area contributed by atoms with Crippen molar-refractivity contribution in [3.63, 3.8) is 0 Å². The number of aromatic nitrogens is 2. The van der Waals surface area contributed by atoms with Crippen LogP contribution >= 0.6 is 0 Å². The van der Waals surface area contributed by atoms with Crippen LogP contribution in [0.3, 0.4) is 0 Å². The van der Waals surface area contributed by atoms with Gasteiger partial charge in [-0.3, -0.25) is 9.48 Å². The molecule has 2 aromatic rings. The monoisotopic (exact) mass is 301 g/mol. The second-order valence-electron chi connectivity index (χ2n) is 5.36. The lowest BCUT2D eigenvalue weighted by Gasteiger charge is -2.09. The fraction of sp³-hybridized carbons (Fsp3) is 0.412. The predicted octanol–water partition coefficient (Wildman–Crippen LogP) is 2.18. The smallest absolute Gasteiger partial charge is 0.224 e. The van der Waals surface area contributed by atoms with Gasteiger partial charge in [0.1, 0.15) is 5.75 Å². The molecule has 22 heavy (non-hydrogen) atoms. The number of ether oxygens (including phenoxy) is 1. The van der Waals surface area contributed by atoms with Crippen molar-refractivity contribution < 1.29 is 9.53 Å². The molecule has 0 radical (unpaired) electrons. The SMILES string of the molecule is COc1ccccc1CC(=O)NCCn1nc(C)c(C)c1C. The molecule has 1 N–H and O–H groups in total. The Morgan fingerprint density at radius 2 is 2.00 bits per heavy atom. The number of nitrogens with zero attached hydrogens (tertiary/aromatic N) is 2. The molecule has 0 fully saturated rings. The highest BCUT2D eigenvalue weighted by Crippen LogP contribution is 2.17. The maximum absolute atomic E-state index is 12.0. The molecule has 0 aliphatic carbocycles. The van der Waals surface area contributed by atoms with Crippen molar-refractivity contribution in [1.82, 2.24) is 15.1 Å². The van der Waals surface area contributed by atoms with Gasteiger partial charge in [0.2, 0.25) is 5.91 Å². The fourth-order valence-corrected chi connectivity index (χ4v) is 2.39. The van der Waals surface area contributed by atoms with Crippen LogP contribution in [0.15, 0.2) is 24.3 Å². The first-order valence-electron chi connectivity index (χ1n) is 7.42. The average Bonchev–Trinajstić information content (AvgIpc) is 2.75. The number of rotatable bonds is 6. The van der Waals surface area contributed by atoms with E-state index in [1.54, 1.807) is 7.11 Å². The molecule has 1 aromatic heterocycles. The summed E-state index contributed by atoms with van der Waals surface area (Å²) in [6, 6.07) is 7.57. The summed E-state index contributed by atoms with van der Waals surface area (Å²) in [6.07, 6.45) is 0.320. The number of carbonyl (C=O) groups is 1. The predicted molar refractivity (Wildman–Crippen MR) is 86.1 cm³/mol. The van der Waals surface area contributed by atoms with Crippen LogP contribution in [0, 0.1) is 20.8 Å². The van der Waals surface area contributed by atoms with E-state index in [1.807, 2.05) is 42.8 Å². The van der Waals surface area contributed by atoms with E-state index in [4.69, 9.17) is 4.74 Å². The minimum absolute atomic E-state index is 0.0113. The second-order valence-corrected chi connectivity index (χ2v) is 5.36. The molecule has 0 spiro atoms. The standard InChI is InChI=1S/C17H23N3O2/c1-12-13(2)19-20(14(12)3)10-9-18-17(21)11-15-7-5-6-8-16(15)22-4/h5-8H,9-11H2,1-4H3,(H,18,21). The zero-order valence-corrected chi connectivity index (χ0v) is 13.6. The van der Waals surface area contributed by atoms with Crippen LogP contribution in [0.1, 0.15) is 22.5 Å². The van der Waals surface area contributed by atoms with Crippen LogP contribution in [0.2, 0.25) is 0 Å². The van der Waals surface area contributed by atoms with E-state index in [1.165, 1.54) is 5.56 Å². The Labute approximate surface area is 131 Å². The lowest BCUT2D eigenvalue weighted by atomic mass is 10.1. The van der Waals surface area contributed by atoms with Crippen molar-refractivity contribution >= 4 is 5.91 Å². The number of aryl methyl sites for hydroxylation is 1. The first-order valence-corrected chi connectivity index (χ1v) is 7.42. The van der Waals surface area contributed by atoms with Gasteiger partial charge in [-0.05, 0) is 32.4 Å². The van der Waals surface area contributed by atoms with E-state index in [2.05, 4.69) is 17.3 Å². The minimum Gasteiger partial charge on any atom is -0.496 e. The van der Waals surface area contributed by atoms with E-state index in [0.29, 0.717) is 19.5 Å². The first-order chi connectivity index (χ1) is 10.5. The number of para-hydroxylation sites is 1. The van der Waals surface area contributed by atoms with E-state index in [9.17, 15) is 4.79 Å². The zero-order chi connectivity index (χ0) is 16.1. The van der Waals surface area contributed by atoms with Gasteiger partial charge in [-0.25, -0.2) is 0 Å². The van der Waals surface area contributed by atoms with Crippen molar-refractivity contribution in [2.24, 2.45) is 0 Å². The van der Waals surface area contributed by atoms with Crippen molar-refractivity contribution in [2.45, 2.75) is 33.7 Å². The topological polar surface area (TPSA) is 56.1 Å². The summed E-state index contributed by atoms with van der Waals surface area (Å²) in [5.41, 5.74) is 4.29. The highest BCUT2D eigenvalue weighted by molar-refractivity contribution is 5.79. The summed E-state index contributed by atoms with van der Waals surface area (Å²) >= 11 is 0. The molecule has 0 bridgehead atoms. The molecular formula is C17H23N3O2. The lowest BCUT2D eigenvalue weighted by Crippen LogP contribution is -2.29. The molecule has 5 heteroatoms. The van der Waals surface area contributed by atoms with Crippen molar-refractivity contribution in [3.8, 4) is 5.75 Å². The van der Waals surface area contributed by atoms with Gasteiger partial charge in [-0.2, -0.15) is 5.10 Å². The summed E-state index contributed by atoms with van der Waals surface area (Å²) in [5, 5.41) is 7.39. The molecule has 1 heterocycles. The van der Waals surface area contributed by atoms with Crippen molar-refractivity contribution in [1.29, 1.82) is 0 Å². The van der Waals surface area contributed by atoms with E-state index in [0.717, 1.165) is 22.7 Å². The number of methoxy groups -OCH3 is 1. The van der Waals surface area contributed by atoms with Gasteiger partial charge in [-0.15, -0.1) is 0 Å².